The summed E-state index contributed by atoms with van der Waals surface area (Å²) in [5.74, 6) is 1.84. The van der Waals surface area contributed by atoms with Crippen LogP contribution in [-0.4, -0.2) is 17.3 Å². The highest BCUT2D eigenvalue weighted by molar-refractivity contribution is 14.1. The summed E-state index contributed by atoms with van der Waals surface area (Å²) in [5.41, 5.74) is 0. The molecule has 0 aromatic rings. The zero-order valence-corrected chi connectivity index (χ0v) is 13.0. The molecule has 0 bridgehead atoms. The summed E-state index contributed by atoms with van der Waals surface area (Å²) >= 11 is 2.34. The summed E-state index contributed by atoms with van der Waals surface area (Å²) in [4.78, 5) is 12.1. The fraction of sp³-hybridized carbons (Fsp3) is 0.786. The van der Waals surface area contributed by atoms with E-state index in [1.54, 1.807) is 13.2 Å². The Morgan fingerprint density at radius 1 is 1.47 bits per heavy atom. The minimum absolute atomic E-state index is 0.179. The van der Waals surface area contributed by atoms with Crippen molar-refractivity contribution >= 4 is 28.4 Å². The van der Waals surface area contributed by atoms with Crippen LogP contribution in [0.4, 0.5) is 0 Å². The van der Waals surface area contributed by atoms with Crippen LogP contribution in [-0.2, 0) is 9.53 Å². The molecule has 0 amide bonds. The first kappa shape index (κ1) is 15.0. The molecule has 1 fully saturated rings. The first-order valence-corrected chi connectivity index (χ1v) is 8.10. The van der Waals surface area contributed by atoms with Gasteiger partial charge in [-0.15, -0.1) is 0 Å². The first-order valence-electron chi connectivity index (χ1n) is 6.58. The van der Waals surface area contributed by atoms with E-state index in [1.807, 2.05) is 0 Å². The number of hydrogen-bond donors (Lipinski definition) is 0. The number of carbonyl (C=O) groups is 1. The van der Waals surface area contributed by atoms with Crippen molar-refractivity contribution < 1.29 is 9.53 Å². The molecule has 0 radical (unpaired) electrons. The van der Waals surface area contributed by atoms with Crippen LogP contribution >= 0.6 is 22.6 Å². The van der Waals surface area contributed by atoms with Crippen LogP contribution < -0.4 is 0 Å². The van der Waals surface area contributed by atoms with Crippen molar-refractivity contribution in [2.24, 2.45) is 11.8 Å². The van der Waals surface area contributed by atoms with Gasteiger partial charge in [0.25, 0.3) is 0 Å². The standard InChI is InChI=1S/C14H23IO2/c1-3-11(8-9-15)13(16)10-14(17-2)12-6-4-5-7-12/h10-12H,3-9H2,1-2H3/b14-10-. The van der Waals surface area contributed by atoms with Crippen LogP contribution in [0.5, 0.6) is 0 Å². The van der Waals surface area contributed by atoms with Gasteiger partial charge >= 0.3 is 0 Å². The van der Waals surface area contributed by atoms with Crippen molar-refractivity contribution in [3.63, 3.8) is 0 Å². The Bertz CT molecular complexity index is 267. The Hall–Kier alpha value is -0.0600. The molecule has 2 nitrogen and oxygen atoms in total. The molecular weight excluding hydrogens is 327 g/mol. The molecule has 0 saturated heterocycles. The quantitative estimate of drug-likeness (QED) is 0.299. The van der Waals surface area contributed by atoms with Crippen LogP contribution in [0.2, 0.25) is 0 Å². The Balaban J connectivity index is 2.65. The van der Waals surface area contributed by atoms with Crippen molar-refractivity contribution in [3.8, 4) is 0 Å². The minimum atomic E-state index is 0.179. The van der Waals surface area contributed by atoms with E-state index in [2.05, 4.69) is 29.5 Å². The predicted molar refractivity (Wildman–Crippen MR) is 79.3 cm³/mol. The number of allylic oxidation sites excluding steroid dienone is 2. The van der Waals surface area contributed by atoms with Crippen LogP contribution in [0.3, 0.4) is 0 Å². The van der Waals surface area contributed by atoms with Gasteiger partial charge in [0, 0.05) is 22.3 Å². The van der Waals surface area contributed by atoms with E-state index in [0.29, 0.717) is 5.92 Å². The fourth-order valence-corrected chi connectivity index (χ4v) is 3.24. The summed E-state index contributed by atoms with van der Waals surface area (Å²) in [6.45, 7) is 2.09. The Kier molecular flexibility index (Phi) is 7.16. The van der Waals surface area contributed by atoms with E-state index in [9.17, 15) is 4.79 Å². The molecule has 3 heteroatoms. The van der Waals surface area contributed by atoms with E-state index in [1.165, 1.54) is 25.7 Å². The average Bonchev–Trinajstić information content (AvgIpc) is 2.86. The van der Waals surface area contributed by atoms with Gasteiger partial charge < -0.3 is 4.74 Å². The molecule has 1 atom stereocenters. The molecule has 1 saturated carbocycles. The maximum Gasteiger partial charge on any atom is 0.162 e. The summed E-state index contributed by atoms with van der Waals surface area (Å²) in [5, 5.41) is 0. The van der Waals surface area contributed by atoms with Crippen LogP contribution in [0.25, 0.3) is 0 Å². The molecule has 0 spiro atoms. The molecule has 0 aromatic heterocycles. The van der Waals surface area contributed by atoms with Gasteiger partial charge in [-0.3, -0.25) is 4.79 Å². The third kappa shape index (κ3) is 4.60. The monoisotopic (exact) mass is 350 g/mol. The Labute approximate surface area is 118 Å². The van der Waals surface area contributed by atoms with Gasteiger partial charge in [0.05, 0.1) is 7.11 Å². The molecule has 17 heavy (non-hydrogen) atoms. The van der Waals surface area contributed by atoms with Crippen LogP contribution in [0.1, 0.15) is 45.4 Å². The summed E-state index contributed by atoms with van der Waals surface area (Å²) in [6.07, 6.45) is 8.57. The van der Waals surface area contributed by atoms with Gasteiger partial charge in [0.15, 0.2) is 5.78 Å². The van der Waals surface area contributed by atoms with E-state index in [0.717, 1.165) is 23.0 Å². The molecule has 98 valence electrons. The van der Waals surface area contributed by atoms with Crippen molar-refractivity contribution in [2.45, 2.75) is 45.4 Å². The lowest BCUT2D eigenvalue weighted by atomic mass is 9.95. The number of alkyl halides is 1. The third-order valence-electron chi connectivity index (χ3n) is 3.63. The van der Waals surface area contributed by atoms with Crippen molar-refractivity contribution in [3.05, 3.63) is 11.8 Å². The van der Waals surface area contributed by atoms with Gasteiger partial charge in [-0.2, -0.15) is 0 Å². The van der Waals surface area contributed by atoms with Gasteiger partial charge in [-0.25, -0.2) is 0 Å². The first-order chi connectivity index (χ1) is 8.22. The van der Waals surface area contributed by atoms with E-state index >= 15 is 0 Å². The third-order valence-corrected chi connectivity index (χ3v) is 4.25. The maximum atomic E-state index is 12.1. The highest BCUT2D eigenvalue weighted by Crippen LogP contribution is 2.31. The second-order valence-electron chi connectivity index (χ2n) is 4.72. The van der Waals surface area contributed by atoms with Gasteiger partial charge in [0.2, 0.25) is 0 Å². The molecule has 0 heterocycles. The van der Waals surface area contributed by atoms with Gasteiger partial charge in [-0.05, 0) is 25.7 Å². The van der Waals surface area contributed by atoms with Crippen molar-refractivity contribution in [1.82, 2.24) is 0 Å². The molecule has 1 rings (SSSR count). The Morgan fingerprint density at radius 2 is 2.12 bits per heavy atom. The summed E-state index contributed by atoms with van der Waals surface area (Å²) in [7, 11) is 1.69. The number of ether oxygens (including phenoxy) is 1. The van der Waals surface area contributed by atoms with Gasteiger partial charge in [0.1, 0.15) is 5.76 Å². The lowest BCUT2D eigenvalue weighted by molar-refractivity contribution is -0.118. The number of methoxy groups -OCH3 is 1. The molecule has 0 aromatic carbocycles. The highest BCUT2D eigenvalue weighted by atomic mass is 127. The topological polar surface area (TPSA) is 26.3 Å². The number of carbonyl (C=O) groups excluding carboxylic acids is 1. The average molecular weight is 350 g/mol. The maximum absolute atomic E-state index is 12.1. The molecule has 0 N–H and O–H groups in total. The number of rotatable bonds is 7. The molecule has 1 aliphatic rings. The smallest absolute Gasteiger partial charge is 0.162 e. The second kappa shape index (κ2) is 8.11. The molecule has 1 unspecified atom stereocenters. The lowest BCUT2D eigenvalue weighted by Crippen LogP contribution is -2.14. The predicted octanol–water partition coefficient (Wildman–Crippen LogP) is 4.13. The SMILES string of the molecule is CCC(CCI)C(=O)/C=C(\OC)C1CCCC1. The largest absolute Gasteiger partial charge is 0.501 e. The van der Waals surface area contributed by atoms with E-state index in [-0.39, 0.29) is 11.7 Å². The van der Waals surface area contributed by atoms with E-state index < -0.39 is 0 Å². The number of halogens is 1. The van der Waals surface area contributed by atoms with Gasteiger partial charge in [-0.1, -0.05) is 42.4 Å². The van der Waals surface area contributed by atoms with Crippen molar-refractivity contribution in [1.29, 1.82) is 0 Å². The minimum Gasteiger partial charge on any atom is -0.501 e. The summed E-state index contributed by atoms with van der Waals surface area (Å²) < 4.78 is 6.46. The zero-order chi connectivity index (χ0) is 12.7. The van der Waals surface area contributed by atoms with Crippen LogP contribution in [0, 0.1) is 11.8 Å². The molecular formula is C14H23IO2. The fourth-order valence-electron chi connectivity index (χ4n) is 2.49. The van der Waals surface area contributed by atoms with Crippen molar-refractivity contribution in [2.75, 3.05) is 11.5 Å². The molecule has 1 aliphatic carbocycles. The Morgan fingerprint density at radius 3 is 2.59 bits per heavy atom. The lowest BCUT2D eigenvalue weighted by Gasteiger charge is -2.15. The number of ketones is 1. The summed E-state index contributed by atoms with van der Waals surface area (Å²) in [6, 6.07) is 0. The zero-order valence-electron chi connectivity index (χ0n) is 10.9. The second-order valence-corrected chi connectivity index (χ2v) is 5.80. The normalized spacial score (nSPS) is 19.4. The van der Waals surface area contributed by atoms with Crippen LogP contribution in [0.15, 0.2) is 11.8 Å². The highest BCUT2D eigenvalue weighted by Gasteiger charge is 2.22. The number of hydrogen-bond acceptors (Lipinski definition) is 2. The molecule has 0 aliphatic heterocycles. The van der Waals surface area contributed by atoms with E-state index in [4.69, 9.17) is 4.74 Å².